The number of ether oxygens (including phenoxy) is 1. The predicted molar refractivity (Wildman–Crippen MR) is 59.8 cm³/mol. The summed E-state index contributed by atoms with van der Waals surface area (Å²) in [5.41, 5.74) is 0. The minimum absolute atomic E-state index is 0.107. The summed E-state index contributed by atoms with van der Waals surface area (Å²) >= 11 is 0. The summed E-state index contributed by atoms with van der Waals surface area (Å²) in [6.45, 7) is 6.15. The summed E-state index contributed by atoms with van der Waals surface area (Å²) in [6, 6.07) is 0.903. The van der Waals surface area contributed by atoms with Gasteiger partial charge >= 0.3 is 0 Å². The van der Waals surface area contributed by atoms with E-state index in [4.69, 9.17) is 4.74 Å². The average Bonchev–Trinajstić information content (AvgIpc) is 2.64. The van der Waals surface area contributed by atoms with Crippen molar-refractivity contribution in [1.82, 2.24) is 4.90 Å². The van der Waals surface area contributed by atoms with Crippen LogP contribution in [-0.2, 0) is 4.74 Å². The van der Waals surface area contributed by atoms with Crippen LogP contribution in [0.2, 0.25) is 0 Å². The number of hydrogen-bond donors (Lipinski definition) is 1. The summed E-state index contributed by atoms with van der Waals surface area (Å²) in [5, 5.41) is 9.96. The van der Waals surface area contributed by atoms with Crippen molar-refractivity contribution in [2.45, 2.75) is 63.8 Å². The van der Waals surface area contributed by atoms with Crippen LogP contribution in [0.25, 0.3) is 0 Å². The molecule has 0 aromatic heterocycles. The van der Waals surface area contributed by atoms with Gasteiger partial charge in [0.1, 0.15) is 0 Å². The summed E-state index contributed by atoms with van der Waals surface area (Å²) < 4.78 is 5.68. The maximum Gasteiger partial charge on any atom is 0.0695 e. The molecule has 2 rings (SSSR count). The van der Waals surface area contributed by atoms with Crippen molar-refractivity contribution < 1.29 is 9.84 Å². The lowest BCUT2D eigenvalue weighted by atomic mass is 10.0. The lowest BCUT2D eigenvalue weighted by Crippen LogP contribution is -2.55. The Morgan fingerprint density at radius 2 is 2.20 bits per heavy atom. The molecule has 4 unspecified atom stereocenters. The third-order valence-electron chi connectivity index (χ3n) is 3.85. The van der Waals surface area contributed by atoms with E-state index in [0.717, 1.165) is 32.4 Å². The molecule has 1 aliphatic carbocycles. The van der Waals surface area contributed by atoms with Gasteiger partial charge in [0.15, 0.2) is 0 Å². The van der Waals surface area contributed by atoms with Crippen LogP contribution in [0.1, 0.15) is 39.5 Å². The number of nitrogens with zero attached hydrogens (tertiary/aromatic N) is 1. The first-order valence-corrected chi connectivity index (χ1v) is 6.27. The van der Waals surface area contributed by atoms with Gasteiger partial charge in [0.2, 0.25) is 0 Å². The molecular weight excluding hydrogens is 190 g/mol. The molecule has 0 bridgehead atoms. The largest absolute Gasteiger partial charge is 0.391 e. The quantitative estimate of drug-likeness (QED) is 0.752. The zero-order chi connectivity index (χ0) is 10.8. The first-order valence-electron chi connectivity index (χ1n) is 6.27. The molecule has 88 valence electrons. The molecule has 0 aromatic carbocycles. The van der Waals surface area contributed by atoms with Crippen molar-refractivity contribution in [2.75, 3.05) is 13.2 Å². The van der Waals surface area contributed by atoms with Crippen LogP contribution < -0.4 is 0 Å². The molecule has 15 heavy (non-hydrogen) atoms. The Morgan fingerprint density at radius 1 is 1.40 bits per heavy atom. The molecule has 1 heterocycles. The summed E-state index contributed by atoms with van der Waals surface area (Å²) in [6.07, 6.45) is 4.64. The van der Waals surface area contributed by atoms with Crippen molar-refractivity contribution in [3.63, 3.8) is 0 Å². The van der Waals surface area contributed by atoms with E-state index < -0.39 is 0 Å². The second-order valence-corrected chi connectivity index (χ2v) is 4.97. The molecule has 0 aromatic rings. The van der Waals surface area contributed by atoms with Gasteiger partial charge in [0.05, 0.1) is 18.8 Å². The Hall–Kier alpha value is -0.120. The van der Waals surface area contributed by atoms with Gasteiger partial charge in [-0.1, -0.05) is 6.92 Å². The van der Waals surface area contributed by atoms with E-state index >= 15 is 0 Å². The zero-order valence-electron chi connectivity index (χ0n) is 9.85. The fraction of sp³-hybridized carbons (Fsp3) is 1.00. The maximum absolute atomic E-state index is 9.96. The lowest BCUT2D eigenvalue weighted by molar-refractivity contribution is -0.0869. The maximum atomic E-state index is 9.96. The highest BCUT2D eigenvalue weighted by Crippen LogP contribution is 2.28. The number of morpholine rings is 1. The third kappa shape index (κ3) is 2.35. The zero-order valence-corrected chi connectivity index (χ0v) is 9.85. The average molecular weight is 213 g/mol. The van der Waals surface area contributed by atoms with Crippen LogP contribution in [0.3, 0.4) is 0 Å². The molecule has 1 N–H and O–H groups in total. The molecular formula is C12H23NO2. The second kappa shape index (κ2) is 4.81. The third-order valence-corrected chi connectivity index (χ3v) is 3.85. The van der Waals surface area contributed by atoms with Gasteiger partial charge in [-0.25, -0.2) is 0 Å². The second-order valence-electron chi connectivity index (χ2n) is 4.97. The highest BCUT2D eigenvalue weighted by Gasteiger charge is 2.37. The van der Waals surface area contributed by atoms with Crippen molar-refractivity contribution in [3.05, 3.63) is 0 Å². The first-order chi connectivity index (χ1) is 7.22. The minimum Gasteiger partial charge on any atom is -0.391 e. The van der Waals surface area contributed by atoms with Crippen LogP contribution in [0, 0.1) is 0 Å². The number of rotatable bonds is 2. The first kappa shape index (κ1) is 11.4. The van der Waals surface area contributed by atoms with E-state index in [9.17, 15) is 5.11 Å². The fourth-order valence-corrected chi connectivity index (χ4v) is 2.94. The predicted octanol–water partition coefficient (Wildman–Crippen LogP) is 1.40. The van der Waals surface area contributed by atoms with Crippen LogP contribution >= 0.6 is 0 Å². The minimum atomic E-state index is -0.107. The molecule has 1 aliphatic heterocycles. The molecule has 3 nitrogen and oxygen atoms in total. The fourth-order valence-electron chi connectivity index (χ4n) is 2.94. The molecule has 0 spiro atoms. The molecule has 2 aliphatic rings. The van der Waals surface area contributed by atoms with E-state index in [1.807, 2.05) is 0 Å². The Kier molecular flexibility index (Phi) is 3.65. The molecule has 1 saturated heterocycles. The van der Waals surface area contributed by atoms with Gasteiger partial charge in [0.25, 0.3) is 0 Å². The Balaban J connectivity index is 2.02. The van der Waals surface area contributed by atoms with Crippen molar-refractivity contribution >= 4 is 0 Å². The van der Waals surface area contributed by atoms with Crippen LogP contribution in [-0.4, -0.2) is 47.4 Å². The van der Waals surface area contributed by atoms with Crippen LogP contribution in [0.15, 0.2) is 0 Å². The Labute approximate surface area is 92.4 Å². The molecule has 0 amide bonds. The van der Waals surface area contributed by atoms with Crippen molar-refractivity contribution in [3.8, 4) is 0 Å². The highest BCUT2D eigenvalue weighted by molar-refractivity contribution is 4.90. The van der Waals surface area contributed by atoms with Gasteiger partial charge in [-0.15, -0.1) is 0 Å². The topological polar surface area (TPSA) is 32.7 Å². The number of hydrogen-bond acceptors (Lipinski definition) is 3. The van der Waals surface area contributed by atoms with Gasteiger partial charge in [-0.3, -0.25) is 4.90 Å². The molecule has 2 fully saturated rings. The lowest BCUT2D eigenvalue weighted by Gasteiger charge is -2.43. The highest BCUT2D eigenvalue weighted by atomic mass is 16.5. The van der Waals surface area contributed by atoms with Gasteiger partial charge in [-0.05, 0) is 32.6 Å². The molecule has 4 atom stereocenters. The molecule has 1 saturated carbocycles. The van der Waals surface area contributed by atoms with Gasteiger partial charge < -0.3 is 9.84 Å². The summed E-state index contributed by atoms with van der Waals surface area (Å²) in [7, 11) is 0. The number of aliphatic hydroxyl groups is 1. The summed E-state index contributed by atoms with van der Waals surface area (Å²) in [5.74, 6) is 0. The van der Waals surface area contributed by atoms with Crippen molar-refractivity contribution in [1.29, 1.82) is 0 Å². The van der Waals surface area contributed by atoms with E-state index in [-0.39, 0.29) is 6.10 Å². The van der Waals surface area contributed by atoms with E-state index in [2.05, 4.69) is 18.7 Å². The Bertz CT molecular complexity index is 210. The standard InChI is InChI=1S/C12H23NO2/c1-3-10-8-15-9(2)7-13(10)11-5-4-6-12(11)14/h9-12,14H,3-8H2,1-2H3. The smallest absolute Gasteiger partial charge is 0.0695 e. The van der Waals surface area contributed by atoms with Crippen LogP contribution in [0.4, 0.5) is 0 Å². The van der Waals surface area contributed by atoms with E-state index in [1.54, 1.807) is 0 Å². The SMILES string of the molecule is CCC1COC(C)CN1C1CCCC1O. The van der Waals surface area contributed by atoms with E-state index in [1.165, 1.54) is 6.42 Å². The van der Waals surface area contributed by atoms with Crippen LogP contribution in [0.5, 0.6) is 0 Å². The summed E-state index contributed by atoms with van der Waals surface area (Å²) in [4.78, 5) is 2.49. The number of aliphatic hydroxyl groups excluding tert-OH is 1. The normalized spacial score (nSPS) is 43.4. The monoisotopic (exact) mass is 213 g/mol. The van der Waals surface area contributed by atoms with Crippen molar-refractivity contribution in [2.24, 2.45) is 0 Å². The van der Waals surface area contributed by atoms with E-state index in [0.29, 0.717) is 18.2 Å². The van der Waals surface area contributed by atoms with Gasteiger partial charge in [0, 0.05) is 18.6 Å². The Morgan fingerprint density at radius 3 is 2.80 bits per heavy atom. The molecule has 0 radical (unpaired) electrons. The molecule has 3 heteroatoms. The van der Waals surface area contributed by atoms with Gasteiger partial charge in [-0.2, -0.15) is 0 Å².